The maximum absolute atomic E-state index is 5.35. The minimum Gasteiger partial charge on any atom is -0.497 e. The van der Waals surface area contributed by atoms with Gasteiger partial charge in [-0.05, 0) is 49.5 Å². The van der Waals surface area contributed by atoms with Gasteiger partial charge in [0, 0.05) is 30.6 Å². The molecule has 2 aromatic rings. The monoisotopic (exact) mass is 366 g/mol. The first kappa shape index (κ1) is 16.8. The van der Waals surface area contributed by atoms with Crippen LogP contribution in [-0.4, -0.2) is 60.8 Å². The molecule has 4 fully saturated rings. The Kier molecular flexibility index (Phi) is 4.16. The molecule has 0 unspecified atom stereocenters. The topological polar surface area (TPSA) is 50.7 Å². The quantitative estimate of drug-likeness (QED) is 0.829. The largest absolute Gasteiger partial charge is 0.497 e. The van der Waals surface area contributed by atoms with Crippen molar-refractivity contribution in [1.29, 1.82) is 0 Å². The molecule has 3 atom stereocenters. The first-order valence-corrected chi connectivity index (χ1v) is 9.79. The zero-order valence-electron chi connectivity index (χ0n) is 15.9. The lowest BCUT2D eigenvalue weighted by atomic mass is 9.75. The Morgan fingerprint density at radius 2 is 1.74 bits per heavy atom. The average molecular weight is 366 g/mol. The zero-order chi connectivity index (χ0) is 18.4. The summed E-state index contributed by atoms with van der Waals surface area (Å²) in [6.07, 6.45) is 4.19. The van der Waals surface area contributed by atoms with Gasteiger partial charge in [0.05, 0.1) is 14.2 Å². The Hall–Kier alpha value is -2.34. The average Bonchev–Trinajstić information content (AvgIpc) is 3.18. The number of piperidine rings is 3. The van der Waals surface area contributed by atoms with Crippen LogP contribution in [-0.2, 0) is 0 Å². The second-order valence-corrected chi connectivity index (χ2v) is 7.81. The van der Waals surface area contributed by atoms with Crippen LogP contribution in [0, 0.1) is 5.92 Å². The van der Waals surface area contributed by atoms with E-state index in [-0.39, 0.29) is 0 Å². The molecule has 0 radical (unpaired) electrons. The number of benzene rings is 1. The van der Waals surface area contributed by atoms with E-state index < -0.39 is 0 Å². The van der Waals surface area contributed by atoms with Crippen LogP contribution in [0.2, 0.25) is 0 Å². The van der Waals surface area contributed by atoms with Crippen molar-refractivity contribution in [3.63, 3.8) is 0 Å². The van der Waals surface area contributed by atoms with E-state index in [0.29, 0.717) is 23.9 Å². The van der Waals surface area contributed by atoms with E-state index in [1.165, 1.54) is 31.5 Å². The summed E-state index contributed by atoms with van der Waals surface area (Å²) in [6, 6.07) is 11.7. The summed E-state index contributed by atoms with van der Waals surface area (Å²) in [6.45, 7) is 3.42. The molecule has 6 heteroatoms. The van der Waals surface area contributed by atoms with Gasteiger partial charge in [-0.15, -0.1) is 0 Å². The zero-order valence-corrected chi connectivity index (χ0v) is 15.9. The van der Waals surface area contributed by atoms with Crippen LogP contribution in [0.25, 0.3) is 0 Å². The minimum atomic E-state index is 0.477. The minimum absolute atomic E-state index is 0.477. The highest BCUT2D eigenvalue weighted by molar-refractivity contribution is 5.48. The highest BCUT2D eigenvalue weighted by atomic mass is 16.5. The highest BCUT2D eigenvalue weighted by Crippen LogP contribution is 2.47. The van der Waals surface area contributed by atoms with Crippen molar-refractivity contribution in [1.82, 2.24) is 14.9 Å². The van der Waals surface area contributed by atoms with Crippen molar-refractivity contribution in [3.8, 4) is 11.6 Å². The number of hydrogen-bond acceptors (Lipinski definition) is 6. The molecule has 0 N–H and O–H groups in total. The number of hydrogen-bond donors (Lipinski definition) is 0. The lowest BCUT2D eigenvalue weighted by Crippen LogP contribution is -2.60. The van der Waals surface area contributed by atoms with Gasteiger partial charge in [-0.1, -0.05) is 12.1 Å². The van der Waals surface area contributed by atoms with Crippen molar-refractivity contribution in [2.45, 2.75) is 30.8 Å². The molecule has 1 aromatic heterocycles. The second-order valence-electron chi connectivity index (χ2n) is 7.81. The van der Waals surface area contributed by atoms with Gasteiger partial charge >= 0.3 is 0 Å². The van der Waals surface area contributed by atoms with Gasteiger partial charge in [-0.2, -0.15) is 0 Å². The Labute approximate surface area is 160 Å². The molecule has 27 heavy (non-hydrogen) atoms. The third-order valence-electron chi connectivity index (χ3n) is 6.67. The standard InChI is InChI=1S/C21H26N4O2/c1-26-16-5-3-14(4-6-16)17-12-25(18-11-19(27-2)23-13-22-18)20-15-7-9-24(10-8-15)21(17)20/h3-6,11,13,15,17,20-21H,7-10,12H2,1-2H3/t17-,20+,21+/m0/s1. The number of fused-ring (bicyclic) bond motifs is 2. The van der Waals surface area contributed by atoms with Gasteiger partial charge in [-0.3, -0.25) is 4.90 Å². The molecule has 4 aliphatic heterocycles. The summed E-state index contributed by atoms with van der Waals surface area (Å²) < 4.78 is 10.7. The van der Waals surface area contributed by atoms with E-state index in [2.05, 4.69) is 44.0 Å². The Morgan fingerprint density at radius 1 is 0.963 bits per heavy atom. The highest BCUT2D eigenvalue weighted by Gasteiger charge is 2.53. The van der Waals surface area contributed by atoms with Crippen molar-refractivity contribution in [2.24, 2.45) is 5.92 Å². The van der Waals surface area contributed by atoms with Crippen LogP contribution >= 0.6 is 0 Å². The molecule has 0 spiro atoms. The van der Waals surface area contributed by atoms with E-state index in [9.17, 15) is 0 Å². The summed E-state index contributed by atoms with van der Waals surface area (Å²) in [5, 5.41) is 0. The summed E-state index contributed by atoms with van der Waals surface area (Å²) in [7, 11) is 3.38. The van der Waals surface area contributed by atoms with Crippen LogP contribution < -0.4 is 14.4 Å². The molecule has 0 saturated carbocycles. The van der Waals surface area contributed by atoms with Crippen LogP contribution in [0.15, 0.2) is 36.7 Å². The maximum Gasteiger partial charge on any atom is 0.218 e. The Balaban J connectivity index is 1.53. The van der Waals surface area contributed by atoms with Gasteiger partial charge < -0.3 is 14.4 Å². The summed E-state index contributed by atoms with van der Waals surface area (Å²) >= 11 is 0. The van der Waals surface area contributed by atoms with Gasteiger partial charge in [0.2, 0.25) is 5.88 Å². The lowest BCUT2D eigenvalue weighted by Gasteiger charge is -2.51. The molecule has 0 amide bonds. The molecule has 5 heterocycles. The third-order valence-corrected chi connectivity index (χ3v) is 6.67. The fourth-order valence-electron chi connectivity index (χ4n) is 5.43. The summed E-state index contributed by atoms with van der Waals surface area (Å²) in [4.78, 5) is 14.0. The molecular weight excluding hydrogens is 340 g/mol. The smallest absolute Gasteiger partial charge is 0.218 e. The van der Waals surface area contributed by atoms with Crippen LogP contribution in [0.5, 0.6) is 11.6 Å². The van der Waals surface area contributed by atoms with Crippen molar-refractivity contribution < 1.29 is 9.47 Å². The predicted octanol–water partition coefficient (Wildman–Crippen LogP) is 2.56. The van der Waals surface area contributed by atoms with Gasteiger partial charge in [0.25, 0.3) is 0 Å². The number of nitrogens with zero attached hydrogens (tertiary/aromatic N) is 4. The molecule has 1 aromatic carbocycles. The Bertz CT molecular complexity index is 804. The molecule has 6 rings (SSSR count). The Morgan fingerprint density at radius 3 is 2.44 bits per heavy atom. The predicted molar refractivity (Wildman–Crippen MR) is 104 cm³/mol. The molecule has 2 bridgehead atoms. The van der Waals surface area contributed by atoms with Gasteiger partial charge in [-0.25, -0.2) is 9.97 Å². The van der Waals surface area contributed by atoms with E-state index in [1.54, 1.807) is 20.5 Å². The van der Waals surface area contributed by atoms with E-state index in [1.807, 2.05) is 6.07 Å². The van der Waals surface area contributed by atoms with E-state index >= 15 is 0 Å². The fraction of sp³-hybridized carbons (Fsp3) is 0.524. The van der Waals surface area contributed by atoms with Crippen LogP contribution in [0.3, 0.4) is 0 Å². The van der Waals surface area contributed by atoms with Crippen molar-refractivity contribution >= 4 is 5.82 Å². The van der Waals surface area contributed by atoms with Crippen LogP contribution in [0.4, 0.5) is 5.82 Å². The normalized spacial score (nSPS) is 31.6. The first-order chi connectivity index (χ1) is 13.3. The van der Waals surface area contributed by atoms with Gasteiger partial charge in [0.15, 0.2) is 0 Å². The van der Waals surface area contributed by atoms with E-state index in [4.69, 9.17) is 9.47 Å². The second kappa shape index (κ2) is 6.68. The number of anilines is 1. The number of rotatable bonds is 4. The summed E-state index contributed by atoms with van der Waals surface area (Å²) in [5.74, 6) is 3.75. The number of methoxy groups -OCH3 is 2. The lowest BCUT2D eigenvalue weighted by molar-refractivity contribution is 0.0354. The SMILES string of the molecule is COc1ccc([C@@H]2CN(c3cc(OC)ncn3)[C@@H]3C4CCN(CC4)[C@@H]32)cc1. The molecule has 142 valence electrons. The number of ether oxygens (including phenoxy) is 2. The fourth-order valence-corrected chi connectivity index (χ4v) is 5.43. The molecular formula is C21H26N4O2. The van der Waals surface area contributed by atoms with Crippen molar-refractivity contribution in [2.75, 3.05) is 38.8 Å². The third kappa shape index (κ3) is 2.74. The number of aromatic nitrogens is 2. The first-order valence-electron chi connectivity index (χ1n) is 9.79. The molecule has 0 aliphatic carbocycles. The van der Waals surface area contributed by atoms with E-state index in [0.717, 1.165) is 24.0 Å². The van der Waals surface area contributed by atoms with Crippen molar-refractivity contribution in [3.05, 3.63) is 42.2 Å². The van der Waals surface area contributed by atoms with Gasteiger partial charge in [0.1, 0.15) is 17.9 Å². The van der Waals surface area contributed by atoms with Crippen LogP contribution in [0.1, 0.15) is 24.3 Å². The molecule has 4 aliphatic rings. The maximum atomic E-state index is 5.35. The summed E-state index contributed by atoms with van der Waals surface area (Å²) in [5.41, 5.74) is 1.39. The molecule has 4 saturated heterocycles. The molecule has 6 nitrogen and oxygen atoms in total.